The molecule has 1 rings (SSSR count). The molecule has 13 heavy (non-hydrogen) atoms. The molecule has 3 nitrogen and oxygen atoms in total. The number of hydrogen-bond donors (Lipinski definition) is 2. The van der Waals surface area contributed by atoms with Gasteiger partial charge in [-0.2, -0.15) is 0 Å². The zero-order chi connectivity index (χ0) is 9.68. The zero-order valence-electron chi connectivity index (χ0n) is 7.95. The van der Waals surface area contributed by atoms with Crippen molar-refractivity contribution in [3.63, 3.8) is 0 Å². The van der Waals surface area contributed by atoms with E-state index in [2.05, 4.69) is 23.1 Å². The molecule has 0 aromatic carbocycles. The summed E-state index contributed by atoms with van der Waals surface area (Å²) in [6, 6.07) is 0.494. The molecule has 1 unspecified atom stereocenters. The predicted octanol–water partition coefficient (Wildman–Crippen LogP) is 2.05. The molecule has 3 heteroatoms. The minimum absolute atomic E-state index is 0.494. The van der Waals surface area contributed by atoms with Gasteiger partial charge in [0.25, 0.3) is 0 Å². The Hall–Kier alpha value is -1.25. The predicted molar refractivity (Wildman–Crippen MR) is 54.0 cm³/mol. The first kappa shape index (κ1) is 9.84. The fourth-order valence-corrected chi connectivity index (χ4v) is 1.53. The van der Waals surface area contributed by atoms with Crippen LogP contribution in [0.3, 0.4) is 0 Å². The molecule has 0 bridgehead atoms. The summed E-state index contributed by atoms with van der Waals surface area (Å²) in [7, 11) is 0. The third-order valence-corrected chi connectivity index (χ3v) is 2.12. The molecule has 0 aromatic heterocycles. The van der Waals surface area contributed by atoms with Crippen molar-refractivity contribution >= 4 is 6.21 Å². The molecule has 1 atom stereocenters. The highest BCUT2D eigenvalue weighted by atomic mass is 16.4. The van der Waals surface area contributed by atoms with E-state index < -0.39 is 0 Å². The van der Waals surface area contributed by atoms with Crippen LogP contribution >= 0.6 is 0 Å². The Balaban J connectivity index is 2.41. The van der Waals surface area contributed by atoms with Gasteiger partial charge >= 0.3 is 0 Å². The molecule has 0 fully saturated rings. The van der Waals surface area contributed by atoms with Crippen molar-refractivity contribution < 1.29 is 5.21 Å². The smallest absolute Gasteiger partial charge is 0.0690 e. The van der Waals surface area contributed by atoms with Gasteiger partial charge in [0.2, 0.25) is 0 Å². The van der Waals surface area contributed by atoms with Gasteiger partial charge in [0, 0.05) is 11.7 Å². The number of oxime groups is 1. The Bertz CT molecular complexity index is 243. The average molecular weight is 180 g/mol. The lowest BCUT2D eigenvalue weighted by Crippen LogP contribution is -2.28. The third-order valence-electron chi connectivity index (χ3n) is 2.12. The molecule has 0 aliphatic heterocycles. The Kier molecular flexibility index (Phi) is 3.55. The minimum atomic E-state index is 0.494. The van der Waals surface area contributed by atoms with E-state index in [0.717, 1.165) is 30.5 Å². The van der Waals surface area contributed by atoms with Crippen LogP contribution in [0.25, 0.3) is 0 Å². The van der Waals surface area contributed by atoms with E-state index in [1.165, 1.54) is 6.21 Å². The molecular formula is C10H16N2O. The van der Waals surface area contributed by atoms with Crippen molar-refractivity contribution in [3.05, 3.63) is 23.9 Å². The summed E-state index contributed by atoms with van der Waals surface area (Å²) in [5.74, 6) is 0. The van der Waals surface area contributed by atoms with Gasteiger partial charge in [-0.25, -0.2) is 0 Å². The lowest BCUT2D eigenvalue weighted by atomic mass is 9.96. The summed E-state index contributed by atoms with van der Waals surface area (Å²) in [4.78, 5) is 0. The van der Waals surface area contributed by atoms with Crippen molar-refractivity contribution in [2.24, 2.45) is 5.16 Å². The fraction of sp³-hybridized carbons (Fsp3) is 0.500. The Labute approximate surface area is 78.8 Å². The average Bonchev–Trinajstić information content (AvgIpc) is 2.08. The third kappa shape index (κ3) is 3.32. The van der Waals surface area contributed by atoms with Crippen molar-refractivity contribution in [3.8, 4) is 0 Å². The van der Waals surface area contributed by atoms with Gasteiger partial charge in [-0.15, -0.1) is 0 Å². The lowest BCUT2D eigenvalue weighted by Gasteiger charge is -2.22. The van der Waals surface area contributed by atoms with E-state index >= 15 is 0 Å². The number of nitrogens with zero attached hydrogens (tertiary/aromatic N) is 1. The second-order valence-corrected chi connectivity index (χ2v) is 3.42. The molecule has 0 saturated carbocycles. The molecule has 0 aromatic rings. The van der Waals surface area contributed by atoms with Gasteiger partial charge in [0.15, 0.2) is 0 Å². The van der Waals surface area contributed by atoms with E-state index in [0.29, 0.717) is 6.04 Å². The maximum Gasteiger partial charge on any atom is 0.0690 e. The molecule has 1 aliphatic rings. The monoisotopic (exact) mass is 180 g/mol. The topological polar surface area (TPSA) is 44.6 Å². The van der Waals surface area contributed by atoms with Crippen LogP contribution in [0, 0.1) is 0 Å². The van der Waals surface area contributed by atoms with Gasteiger partial charge in [-0.1, -0.05) is 17.8 Å². The minimum Gasteiger partial charge on any atom is -0.411 e. The van der Waals surface area contributed by atoms with Gasteiger partial charge in [-0.05, 0) is 31.8 Å². The quantitative estimate of drug-likeness (QED) is 0.396. The van der Waals surface area contributed by atoms with Crippen molar-refractivity contribution in [1.82, 2.24) is 5.32 Å². The summed E-state index contributed by atoms with van der Waals surface area (Å²) < 4.78 is 0. The fourth-order valence-electron chi connectivity index (χ4n) is 1.53. The zero-order valence-corrected chi connectivity index (χ0v) is 7.95. The summed E-state index contributed by atoms with van der Waals surface area (Å²) in [5, 5.41) is 14.6. The first-order valence-electron chi connectivity index (χ1n) is 4.51. The molecule has 0 amide bonds. The highest BCUT2D eigenvalue weighted by Gasteiger charge is 2.12. The van der Waals surface area contributed by atoms with Gasteiger partial charge < -0.3 is 10.5 Å². The normalized spacial score (nSPS) is 22.8. The van der Waals surface area contributed by atoms with Gasteiger partial charge in [0.1, 0.15) is 0 Å². The first-order chi connectivity index (χ1) is 6.22. The van der Waals surface area contributed by atoms with Crippen LogP contribution in [0.2, 0.25) is 0 Å². The molecule has 72 valence electrons. The summed E-state index contributed by atoms with van der Waals surface area (Å²) in [6.07, 6.45) is 6.63. The molecule has 0 saturated heterocycles. The second-order valence-electron chi connectivity index (χ2n) is 3.42. The van der Waals surface area contributed by atoms with E-state index in [1.54, 1.807) is 0 Å². The van der Waals surface area contributed by atoms with Crippen LogP contribution in [0.1, 0.15) is 26.2 Å². The standard InChI is InChI=1S/C10H16N2O/c1-8(2)12-10-5-3-9(4-6-10)7-11-13/h3,7,10,12-13H,1,4-6H2,2H3/b11-7+. The van der Waals surface area contributed by atoms with E-state index in [4.69, 9.17) is 5.21 Å². The summed E-state index contributed by atoms with van der Waals surface area (Å²) in [6.45, 7) is 5.77. The van der Waals surface area contributed by atoms with Crippen LogP contribution in [0.15, 0.2) is 29.1 Å². The van der Waals surface area contributed by atoms with Gasteiger partial charge in [0.05, 0.1) is 6.21 Å². The number of nitrogens with one attached hydrogen (secondary N) is 1. The Morgan fingerprint density at radius 3 is 3.08 bits per heavy atom. The molecule has 2 N–H and O–H groups in total. The molecule has 0 radical (unpaired) electrons. The van der Waals surface area contributed by atoms with E-state index in [9.17, 15) is 0 Å². The maximum absolute atomic E-state index is 8.33. The maximum atomic E-state index is 8.33. The second kappa shape index (κ2) is 4.70. The number of allylic oxidation sites excluding steroid dienone is 2. The Morgan fingerprint density at radius 2 is 2.62 bits per heavy atom. The Morgan fingerprint density at radius 1 is 1.85 bits per heavy atom. The van der Waals surface area contributed by atoms with Crippen LogP contribution in [0.4, 0.5) is 0 Å². The van der Waals surface area contributed by atoms with E-state index in [-0.39, 0.29) is 0 Å². The lowest BCUT2D eigenvalue weighted by molar-refractivity contribution is 0.321. The SMILES string of the molecule is C=C(C)NC1CC=C(/C=N/O)CC1. The van der Waals surface area contributed by atoms with Crippen LogP contribution < -0.4 is 5.32 Å². The summed E-state index contributed by atoms with van der Waals surface area (Å²) >= 11 is 0. The summed E-state index contributed by atoms with van der Waals surface area (Å²) in [5.41, 5.74) is 2.12. The number of rotatable bonds is 3. The van der Waals surface area contributed by atoms with Crippen molar-refractivity contribution in [1.29, 1.82) is 0 Å². The van der Waals surface area contributed by atoms with Gasteiger partial charge in [-0.3, -0.25) is 0 Å². The molecular weight excluding hydrogens is 164 g/mol. The molecule has 0 heterocycles. The van der Waals surface area contributed by atoms with Crippen LogP contribution in [0.5, 0.6) is 0 Å². The highest BCUT2D eigenvalue weighted by molar-refractivity contribution is 5.78. The van der Waals surface area contributed by atoms with Crippen molar-refractivity contribution in [2.45, 2.75) is 32.2 Å². The highest BCUT2D eigenvalue weighted by Crippen LogP contribution is 2.17. The molecule has 1 aliphatic carbocycles. The molecule has 0 spiro atoms. The first-order valence-corrected chi connectivity index (χ1v) is 4.51. The van der Waals surface area contributed by atoms with Crippen molar-refractivity contribution in [2.75, 3.05) is 0 Å². The van der Waals surface area contributed by atoms with Crippen LogP contribution in [-0.2, 0) is 0 Å². The van der Waals surface area contributed by atoms with E-state index in [1.807, 2.05) is 6.92 Å². The largest absolute Gasteiger partial charge is 0.411 e. The van der Waals surface area contributed by atoms with Crippen LogP contribution in [-0.4, -0.2) is 17.5 Å². The number of hydrogen-bond acceptors (Lipinski definition) is 3.